The largest absolute Gasteiger partial charge is 0.493 e. The fourth-order valence-corrected chi connectivity index (χ4v) is 9.59. The number of hydrogen-bond acceptors (Lipinski definition) is 11. The molecule has 0 spiro atoms. The fourth-order valence-electron chi connectivity index (χ4n) is 8.84. The van der Waals surface area contributed by atoms with Gasteiger partial charge >= 0.3 is 0 Å². The van der Waals surface area contributed by atoms with E-state index in [1.54, 1.807) is 60.9 Å². The molecule has 3 aliphatic heterocycles. The van der Waals surface area contributed by atoms with E-state index in [0.717, 1.165) is 74.7 Å². The number of carbonyl (C=O) groups excluding carboxylic acids is 1. The maximum Gasteiger partial charge on any atom is 0.234 e. The molecular formula is C42H57N3O8S. The van der Waals surface area contributed by atoms with Crippen molar-refractivity contribution in [2.24, 2.45) is 11.8 Å². The molecule has 0 aromatic heterocycles. The molecule has 6 rings (SSSR count). The van der Waals surface area contributed by atoms with E-state index in [9.17, 15) is 9.90 Å². The van der Waals surface area contributed by atoms with Gasteiger partial charge in [0.2, 0.25) is 5.91 Å². The quantitative estimate of drug-likeness (QED) is 0.169. The van der Waals surface area contributed by atoms with Crippen molar-refractivity contribution < 1.29 is 38.3 Å². The number of nitrogens with zero attached hydrogens (tertiary/aromatic N) is 2. The Morgan fingerprint density at radius 3 is 2.04 bits per heavy atom. The van der Waals surface area contributed by atoms with Gasteiger partial charge in [-0.15, -0.1) is 11.8 Å². The highest BCUT2D eigenvalue weighted by molar-refractivity contribution is 8.00. The van der Waals surface area contributed by atoms with Crippen LogP contribution in [0.1, 0.15) is 60.5 Å². The summed E-state index contributed by atoms with van der Waals surface area (Å²) in [5.41, 5.74) is 5.86. The number of aliphatic hydroxyl groups is 1. The topological polar surface area (TPSA) is 111 Å². The number of fused-ring (bicyclic) bond motifs is 4. The lowest BCUT2D eigenvalue weighted by atomic mass is 9.72. The Morgan fingerprint density at radius 2 is 1.39 bits per heavy atom. The van der Waals surface area contributed by atoms with Gasteiger partial charge < -0.3 is 38.8 Å². The van der Waals surface area contributed by atoms with Crippen molar-refractivity contribution >= 4 is 23.4 Å². The van der Waals surface area contributed by atoms with Gasteiger partial charge in [-0.2, -0.15) is 0 Å². The van der Waals surface area contributed by atoms with Gasteiger partial charge in [0.05, 0.1) is 54.5 Å². The number of rotatable bonds is 16. The van der Waals surface area contributed by atoms with Crippen LogP contribution in [-0.4, -0.2) is 107 Å². The van der Waals surface area contributed by atoms with Crippen molar-refractivity contribution in [3.05, 3.63) is 64.7 Å². The van der Waals surface area contributed by atoms with Crippen LogP contribution in [0.25, 0.3) is 0 Å². The summed E-state index contributed by atoms with van der Waals surface area (Å²) in [7, 11) is 9.93. The van der Waals surface area contributed by atoms with Gasteiger partial charge in [0.25, 0.3) is 0 Å². The molecule has 0 bridgehead atoms. The lowest BCUT2D eigenvalue weighted by molar-refractivity contribution is -0.113. The first kappa shape index (κ1) is 39.8. The molecule has 0 radical (unpaired) electrons. The zero-order valence-corrected chi connectivity index (χ0v) is 33.6. The molecule has 3 aromatic rings. The number of aliphatic hydroxyl groups excluding tert-OH is 1. The summed E-state index contributed by atoms with van der Waals surface area (Å²) in [6, 6.07) is 14.4. The Balaban J connectivity index is 1.18. The molecular weight excluding hydrogens is 707 g/mol. The Morgan fingerprint density at radius 1 is 0.796 bits per heavy atom. The van der Waals surface area contributed by atoms with Crippen LogP contribution in [0.2, 0.25) is 0 Å². The van der Waals surface area contributed by atoms with Crippen LogP contribution < -0.4 is 33.7 Å². The van der Waals surface area contributed by atoms with E-state index < -0.39 is 6.10 Å². The van der Waals surface area contributed by atoms with Gasteiger partial charge in [-0.05, 0) is 96.2 Å². The second kappa shape index (κ2) is 18.2. The maximum atomic E-state index is 12.8. The van der Waals surface area contributed by atoms with Gasteiger partial charge in [0, 0.05) is 55.8 Å². The predicted molar refractivity (Wildman–Crippen MR) is 213 cm³/mol. The number of nitrogens with one attached hydrogen (secondary N) is 1. The van der Waals surface area contributed by atoms with Gasteiger partial charge in [0.1, 0.15) is 0 Å². The van der Waals surface area contributed by atoms with Crippen LogP contribution in [-0.2, 0) is 17.6 Å². The van der Waals surface area contributed by atoms with E-state index in [1.165, 1.54) is 34.0 Å². The third kappa shape index (κ3) is 8.67. The molecule has 1 fully saturated rings. The molecule has 2 N–H and O–H groups in total. The molecule has 1 amide bonds. The van der Waals surface area contributed by atoms with Crippen LogP contribution in [0.15, 0.2) is 42.5 Å². The van der Waals surface area contributed by atoms with E-state index in [4.69, 9.17) is 28.4 Å². The summed E-state index contributed by atoms with van der Waals surface area (Å²) in [6.45, 7) is 5.78. The summed E-state index contributed by atoms with van der Waals surface area (Å²) in [6.07, 6.45) is 4.40. The molecule has 5 atom stereocenters. The van der Waals surface area contributed by atoms with Crippen LogP contribution in [0, 0.1) is 11.8 Å². The number of piperidine rings is 1. The number of benzene rings is 3. The average Bonchev–Trinajstić information content (AvgIpc) is 3.19. The Hall–Kier alpha value is -3.84. The number of thioether (sulfide) groups is 1. The molecule has 0 aliphatic carbocycles. The van der Waals surface area contributed by atoms with Crippen molar-refractivity contribution in [2.45, 2.75) is 57.2 Å². The standard InChI is InChI=1S/C42H57N3O8S/c1-8-26-22-44-13-11-27-17-37(49-3)40(52-6)20-32(27)34(44)15-29(26)16-35-33-21-41(53-7)38(50-4)18-28(33)12-14-45(35)23-31(46)24-54-25-42(47)43-30-9-10-36(48-2)39(19-30)51-5/h9-10,17-21,26,29,31,34-35,46H,8,11-16,22-25H2,1-7H3,(H,43,47)/t26-,29+,31?,34-,35+/m0/s1. The molecule has 12 heteroatoms. The summed E-state index contributed by atoms with van der Waals surface area (Å²) in [5, 5.41) is 14.4. The summed E-state index contributed by atoms with van der Waals surface area (Å²) in [4.78, 5) is 18.0. The van der Waals surface area contributed by atoms with E-state index in [2.05, 4.69) is 46.3 Å². The number of methoxy groups -OCH3 is 6. The fraction of sp³-hybridized carbons (Fsp3) is 0.548. The molecule has 11 nitrogen and oxygen atoms in total. The number of amides is 1. The highest BCUT2D eigenvalue weighted by Crippen LogP contribution is 2.49. The van der Waals surface area contributed by atoms with Crippen molar-refractivity contribution in [3.63, 3.8) is 0 Å². The first-order chi connectivity index (χ1) is 26.2. The Kier molecular flexibility index (Phi) is 13.4. The van der Waals surface area contributed by atoms with Crippen molar-refractivity contribution in [2.75, 3.05) is 85.7 Å². The number of hydrogen-bond donors (Lipinski definition) is 2. The van der Waals surface area contributed by atoms with Crippen LogP contribution >= 0.6 is 11.8 Å². The van der Waals surface area contributed by atoms with Gasteiger partial charge in [0.15, 0.2) is 34.5 Å². The van der Waals surface area contributed by atoms with E-state index in [0.29, 0.717) is 47.4 Å². The third-order valence-electron chi connectivity index (χ3n) is 11.6. The van der Waals surface area contributed by atoms with Crippen LogP contribution in [0.5, 0.6) is 34.5 Å². The predicted octanol–water partition coefficient (Wildman–Crippen LogP) is 6.41. The lowest BCUT2D eigenvalue weighted by Gasteiger charge is -2.49. The highest BCUT2D eigenvalue weighted by atomic mass is 32.2. The molecule has 3 heterocycles. The van der Waals surface area contributed by atoms with Gasteiger partial charge in [-0.1, -0.05) is 13.3 Å². The summed E-state index contributed by atoms with van der Waals surface area (Å²) in [5.74, 6) is 5.75. The zero-order valence-electron chi connectivity index (χ0n) is 32.8. The number of β-amino-alcohol motifs (C(OH)–C–C–N with tert-alkyl or cyclic N) is 1. The van der Waals surface area contributed by atoms with E-state index >= 15 is 0 Å². The molecule has 3 aliphatic rings. The van der Waals surface area contributed by atoms with Crippen molar-refractivity contribution in [1.29, 1.82) is 0 Å². The average molecular weight is 764 g/mol. The smallest absolute Gasteiger partial charge is 0.234 e. The SMILES string of the molecule is CC[C@H]1CN2CCc3cc(OC)c(OC)cc3[C@@H]2C[C@@H]1C[C@@H]1c2cc(OC)c(OC)cc2CCN1CC(O)CSCC(=O)Nc1ccc(OC)c(OC)c1. The molecule has 1 unspecified atom stereocenters. The van der Waals surface area contributed by atoms with Gasteiger partial charge in [-0.3, -0.25) is 14.6 Å². The molecule has 3 aromatic carbocycles. The zero-order chi connectivity index (χ0) is 38.4. The third-order valence-corrected chi connectivity index (χ3v) is 12.7. The van der Waals surface area contributed by atoms with Crippen molar-refractivity contribution in [1.82, 2.24) is 9.80 Å². The number of carbonyl (C=O) groups is 1. The normalized spacial score (nSPS) is 21.6. The molecule has 294 valence electrons. The minimum Gasteiger partial charge on any atom is -0.493 e. The number of ether oxygens (including phenoxy) is 6. The molecule has 1 saturated heterocycles. The lowest BCUT2D eigenvalue weighted by Crippen LogP contribution is -2.47. The second-order valence-electron chi connectivity index (χ2n) is 14.5. The van der Waals surface area contributed by atoms with Crippen molar-refractivity contribution in [3.8, 4) is 34.5 Å². The van der Waals surface area contributed by atoms with Crippen LogP contribution in [0.4, 0.5) is 5.69 Å². The minimum absolute atomic E-state index is 0.0978. The number of anilines is 1. The summed E-state index contributed by atoms with van der Waals surface area (Å²) < 4.78 is 33.6. The molecule has 0 saturated carbocycles. The minimum atomic E-state index is -0.607. The summed E-state index contributed by atoms with van der Waals surface area (Å²) >= 11 is 1.44. The monoisotopic (exact) mass is 763 g/mol. The Bertz CT molecular complexity index is 1760. The first-order valence-corrected chi connectivity index (χ1v) is 20.1. The first-order valence-electron chi connectivity index (χ1n) is 19.0. The van der Waals surface area contributed by atoms with Crippen LogP contribution in [0.3, 0.4) is 0 Å². The Labute approximate surface area is 324 Å². The maximum absolute atomic E-state index is 12.8. The van der Waals surface area contributed by atoms with Gasteiger partial charge in [-0.25, -0.2) is 0 Å². The second-order valence-corrected chi connectivity index (χ2v) is 15.6. The van der Waals surface area contributed by atoms with E-state index in [-0.39, 0.29) is 17.7 Å². The molecule has 54 heavy (non-hydrogen) atoms. The highest BCUT2D eigenvalue weighted by Gasteiger charge is 2.41. The van der Waals surface area contributed by atoms with E-state index in [1.807, 2.05) is 0 Å².